The first-order chi connectivity index (χ1) is 11.1. The van der Waals surface area contributed by atoms with Crippen molar-refractivity contribution in [2.24, 2.45) is 5.73 Å². The molecule has 0 saturated carbocycles. The van der Waals surface area contributed by atoms with Crippen LogP contribution in [0.3, 0.4) is 0 Å². The number of hydrogen-bond donors (Lipinski definition) is 1. The third-order valence-corrected chi connectivity index (χ3v) is 4.14. The van der Waals surface area contributed by atoms with E-state index in [0.717, 1.165) is 12.1 Å². The van der Waals surface area contributed by atoms with Gasteiger partial charge in [-0.15, -0.1) is 0 Å². The average molecular weight is 314 g/mol. The van der Waals surface area contributed by atoms with Crippen LogP contribution in [0.25, 0.3) is 0 Å². The molecular weight excluding hydrogens is 295 g/mol. The summed E-state index contributed by atoms with van der Waals surface area (Å²) in [4.78, 5) is 13.4. The summed E-state index contributed by atoms with van der Waals surface area (Å²) in [5, 5.41) is 0. The summed E-state index contributed by atoms with van der Waals surface area (Å²) in [6.07, 6.45) is -1.16. The van der Waals surface area contributed by atoms with E-state index in [9.17, 15) is 9.18 Å². The molecule has 0 aromatic heterocycles. The fourth-order valence-electron chi connectivity index (χ4n) is 3.15. The van der Waals surface area contributed by atoms with E-state index in [4.69, 9.17) is 10.5 Å². The molecule has 2 atom stereocenters. The number of primary amides is 1. The van der Waals surface area contributed by atoms with Crippen LogP contribution in [0, 0.1) is 5.82 Å². The highest BCUT2D eigenvalue weighted by Gasteiger charge is 2.36. The highest BCUT2D eigenvalue weighted by molar-refractivity contribution is 5.65. The lowest BCUT2D eigenvalue weighted by atomic mass is 9.96. The lowest BCUT2D eigenvalue weighted by Crippen LogP contribution is -2.28. The maximum Gasteiger partial charge on any atom is 0.404 e. The van der Waals surface area contributed by atoms with E-state index in [1.54, 1.807) is 6.07 Å². The minimum absolute atomic E-state index is 0.0816. The molecule has 1 amide bonds. The van der Waals surface area contributed by atoms with Crippen LogP contribution in [-0.2, 0) is 11.3 Å². The van der Waals surface area contributed by atoms with Gasteiger partial charge in [0.2, 0.25) is 0 Å². The molecule has 0 bridgehead atoms. The summed E-state index contributed by atoms with van der Waals surface area (Å²) in [5.74, 6) is -0.372. The van der Waals surface area contributed by atoms with Gasteiger partial charge in [0.15, 0.2) is 0 Å². The number of halogens is 1. The van der Waals surface area contributed by atoms with Crippen LogP contribution < -0.4 is 5.73 Å². The molecule has 1 fully saturated rings. The Hall–Kier alpha value is -2.40. The van der Waals surface area contributed by atoms with Gasteiger partial charge in [0.05, 0.1) is 0 Å². The van der Waals surface area contributed by atoms with E-state index < -0.39 is 6.09 Å². The molecule has 1 heterocycles. The van der Waals surface area contributed by atoms with Gasteiger partial charge >= 0.3 is 6.09 Å². The smallest absolute Gasteiger partial charge is 0.404 e. The number of rotatable bonds is 4. The van der Waals surface area contributed by atoms with Gasteiger partial charge in [-0.2, -0.15) is 0 Å². The summed E-state index contributed by atoms with van der Waals surface area (Å²) < 4.78 is 18.8. The van der Waals surface area contributed by atoms with Crippen LogP contribution in [-0.4, -0.2) is 30.2 Å². The molecule has 2 unspecified atom stereocenters. The number of hydrogen-bond acceptors (Lipinski definition) is 3. The molecule has 2 aromatic carbocycles. The topological polar surface area (TPSA) is 55.6 Å². The Morgan fingerprint density at radius 3 is 2.65 bits per heavy atom. The summed E-state index contributed by atoms with van der Waals surface area (Å²) in [5.41, 5.74) is 7.20. The van der Waals surface area contributed by atoms with Crippen molar-refractivity contribution in [3.63, 3.8) is 0 Å². The lowest BCUT2D eigenvalue weighted by Gasteiger charge is -2.18. The van der Waals surface area contributed by atoms with E-state index in [0.29, 0.717) is 13.1 Å². The Balaban J connectivity index is 1.78. The van der Waals surface area contributed by atoms with Crippen molar-refractivity contribution in [2.75, 3.05) is 13.1 Å². The monoisotopic (exact) mass is 314 g/mol. The van der Waals surface area contributed by atoms with Gasteiger partial charge in [-0.1, -0.05) is 42.5 Å². The predicted molar refractivity (Wildman–Crippen MR) is 85.3 cm³/mol. The molecule has 0 radical (unpaired) electrons. The van der Waals surface area contributed by atoms with Crippen LogP contribution in [0.2, 0.25) is 0 Å². The summed E-state index contributed by atoms with van der Waals surface area (Å²) in [6, 6.07) is 16.5. The van der Waals surface area contributed by atoms with Crippen molar-refractivity contribution in [3.05, 3.63) is 71.5 Å². The SMILES string of the molecule is NC(=O)OC1CN(Cc2ccccc2)CC1c1cccc(F)c1. The van der Waals surface area contributed by atoms with E-state index in [1.165, 1.54) is 17.7 Å². The molecule has 1 saturated heterocycles. The predicted octanol–water partition coefficient (Wildman–Crippen LogP) is 2.89. The van der Waals surface area contributed by atoms with Crippen molar-refractivity contribution in [1.82, 2.24) is 4.90 Å². The third kappa shape index (κ3) is 3.87. The zero-order chi connectivity index (χ0) is 16.2. The van der Waals surface area contributed by atoms with Gasteiger partial charge in [-0.05, 0) is 23.3 Å². The number of amides is 1. The van der Waals surface area contributed by atoms with Gasteiger partial charge in [0, 0.05) is 25.6 Å². The van der Waals surface area contributed by atoms with Crippen LogP contribution in [0.1, 0.15) is 17.0 Å². The third-order valence-electron chi connectivity index (χ3n) is 4.14. The first-order valence-electron chi connectivity index (χ1n) is 7.59. The number of likely N-dealkylation sites (tertiary alicyclic amines) is 1. The molecule has 0 spiro atoms. The van der Waals surface area contributed by atoms with E-state index in [2.05, 4.69) is 17.0 Å². The quantitative estimate of drug-likeness (QED) is 0.944. The van der Waals surface area contributed by atoms with E-state index >= 15 is 0 Å². The Morgan fingerprint density at radius 1 is 1.17 bits per heavy atom. The van der Waals surface area contributed by atoms with E-state index in [-0.39, 0.29) is 17.8 Å². The largest absolute Gasteiger partial charge is 0.444 e. The first-order valence-corrected chi connectivity index (χ1v) is 7.59. The van der Waals surface area contributed by atoms with E-state index in [1.807, 2.05) is 24.3 Å². The Bertz CT molecular complexity index is 678. The van der Waals surface area contributed by atoms with Crippen LogP contribution in [0.5, 0.6) is 0 Å². The number of nitrogens with zero attached hydrogens (tertiary/aromatic N) is 1. The number of carbonyl (C=O) groups excluding carboxylic acids is 1. The summed E-state index contributed by atoms with van der Waals surface area (Å²) in [6.45, 7) is 2.03. The average Bonchev–Trinajstić information content (AvgIpc) is 2.90. The maximum absolute atomic E-state index is 13.5. The number of benzene rings is 2. The molecule has 120 valence electrons. The fourth-order valence-corrected chi connectivity index (χ4v) is 3.15. The molecule has 5 heteroatoms. The minimum atomic E-state index is -0.794. The van der Waals surface area contributed by atoms with Crippen LogP contribution in [0.15, 0.2) is 54.6 Å². The Labute approximate surface area is 134 Å². The standard InChI is InChI=1S/C18H19FN2O2/c19-15-8-4-7-14(9-15)16-11-21(12-17(16)23-18(20)22)10-13-5-2-1-3-6-13/h1-9,16-17H,10-12H2,(H2,20,22). The zero-order valence-corrected chi connectivity index (χ0v) is 12.7. The summed E-state index contributed by atoms with van der Waals surface area (Å²) >= 11 is 0. The number of nitrogens with two attached hydrogens (primary N) is 1. The first kappa shape index (κ1) is 15.5. The molecule has 1 aliphatic heterocycles. The van der Waals surface area contributed by atoms with Crippen molar-refractivity contribution >= 4 is 6.09 Å². The molecule has 2 aromatic rings. The van der Waals surface area contributed by atoms with Crippen molar-refractivity contribution in [1.29, 1.82) is 0 Å². The summed E-state index contributed by atoms with van der Waals surface area (Å²) in [7, 11) is 0. The fraction of sp³-hybridized carbons (Fsp3) is 0.278. The Kier molecular flexibility index (Phi) is 4.57. The van der Waals surface area contributed by atoms with Gasteiger partial charge in [0.1, 0.15) is 11.9 Å². The van der Waals surface area contributed by atoms with Crippen LogP contribution in [0.4, 0.5) is 9.18 Å². The molecular formula is C18H19FN2O2. The van der Waals surface area contributed by atoms with Crippen molar-refractivity contribution in [2.45, 2.75) is 18.6 Å². The number of carbonyl (C=O) groups is 1. The highest BCUT2D eigenvalue weighted by Crippen LogP contribution is 2.31. The zero-order valence-electron chi connectivity index (χ0n) is 12.7. The van der Waals surface area contributed by atoms with Crippen molar-refractivity contribution < 1.29 is 13.9 Å². The van der Waals surface area contributed by atoms with Crippen LogP contribution >= 0.6 is 0 Å². The lowest BCUT2D eigenvalue weighted by molar-refractivity contribution is 0.102. The molecule has 0 aliphatic carbocycles. The molecule has 4 nitrogen and oxygen atoms in total. The molecule has 2 N–H and O–H groups in total. The molecule has 23 heavy (non-hydrogen) atoms. The number of ether oxygens (including phenoxy) is 1. The minimum Gasteiger partial charge on any atom is -0.444 e. The maximum atomic E-state index is 13.5. The van der Waals surface area contributed by atoms with Gasteiger partial charge in [-0.3, -0.25) is 4.90 Å². The normalized spacial score (nSPS) is 21.3. The highest BCUT2D eigenvalue weighted by atomic mass is 19.1. The second-order valence-corrected chi connectivity index (χ2v) is 5.82. The molecule has 1 aliphatic rings. The van der Waals surface area contributed by atoms with Crippen molar-refractivity contribution in [3.8, 4) is 0 Å². The van der Waals surface area contributed by atoms with Gasteiger partial charge in [0.25, 0.3) is 0 Å². The Morgan fingerprint density at radius 2 is 1.96 bits per heavy atom. The van der Waals surface area contributed by atoms with Gasteiger partial charge in [-0.25, -0.2) is 9.18 Å². The second-order valence-electron chi connectivity index (χ2n) is 5.82. The van der Waals surface area contributed by atoms with Gasteiger partial charge < -0.3 is 10.5 Å². The second kappa shape index (κ2) is 6.79. The molecule has 3 rings (SSSR count).